The summed E-state index contributed by atoms with van der Waals surface area (Å²) in [7, 11) is 1.60. The van der Waals surface area contributed by atoms with Gasteiger partial charge in [0.2, 0.25) is 0 Å². The number of methoxy groups -OCH3 is 1. The number of carbonyl (C=O) groups is 1. The summed E-state index contributed by atoms with van der Waals surface area (Å²) in [5.74, 6) is 1.47. The molecule has 3 atom stereocenters. The fourth-order valence-electron chi connectivity index (χ4n) is 5.22. The Bertz CT molecular complexity index is 1160. The second-order valence-corrected chi connectivity index (χ2v) is 10.7. The molecule has 194 valence electrons. The van der Waals surface area contributed by atoms with Gasteiger partial charge in [-0.3, -0.25) is 14.9 Å². The van der Waals surface area contributed by atoms with Crippen LogP contribution in [-0.4, -0.2) is 63.7 Å². The SMILES string of the molecule is COc1ccc2nccc([C@H](F)CC[C@@H]3CCN(CCSc4c[nH]nc4C)C[C@H]3CCC(=O)O)c2c1. The number of nitrogens with one attached hydrogen (secondary N) is 1. The zero-order chi connectivity index (χ0) is 25.5. The molecule has 4 rings (SSSR count). The van der Waals surface area contributed by atoms with Gasteiger partial charge in [0.25, 0.3) is 0 Å². The molecule has 0 unspecified atom stereocenters. The van der Waals surface area contributed by atoms with Crippen molar-refractivity contribution in [2.45, 2.75) is 50.1 Å². The number of thioether (sulfide) groups is 1. The van der Waals surface area contributed by atoms with Crippen molar-refractivity contribution in [1.29, 1.82) is 0 Å². The molecule has 0 amide bonds. The number of likely N-dealkylation sites (tertiary alicyclic amines) is 1. The predicted octanol–water partition coefficient (Wildman–Crippen LogP) is 5.66. The molecular weight excluding hydrogens is 479 g/mol. The Morgan fingerprint density at radius 1 is 1.33 bits per heavy atom. The molecule has 1 saturated heterocycles. The first-order valence-corrected chi connectivity index (χ1v) is 13.6. The van der Waals surface area contributed by atoms with Gasteiger partial charge in [0.15, 0.2) is 0 Å². The molecule has 3 heterocycles. The summed E-state index contributed by atoms with van der Waals surface area (Å²) in [5.41, 5.74) is 2.41. The Labute approximate surface area is 215 Å². The fourth-order valence-corrected chi connectivity index (χ4v) is 6.18. The van der Waals surface area contributed by atoms with Gasteiger partial charge in [-0.2, -0.15) is 5.10 Å². The second kappa shape index (κ2) is 12.5. The number of rotatable bonds is 12. The molecule has 2 aromatic heterocycles. The fraction of sp³-hybridized carbons (Fsp3) is 0.519. The maximum Gasteiger partial charge on any atom is 0.303 e. The number of hydrogen-bond acceptors (Lipinski definition) is 6. The molecule has 0 saturated carbocycles. The lowest BCUT2D eigenvalue weighted by Crippen LogP contribution is -2.41. The van der Waals surface area contributed by atoms with Crippen LogP contribution in [-0.2, 0) is 4.79 Å². The van der Waals surface area contributed by atoms with E-state index < -0.39 is 12.1 Å². The van der Waals surface area contributed by atoms with E-state index in [2.05, 4.69) is 20.1 Å². The highest BCUT2D eigenvalue weighted by Gasteiger charge is 2.30. The van der Waals surface area contributed by atoms with E-state index in [-0.39, 0.29) is 12.3 Å². The van der Waals surface area contributed by atoms with Crippen LogP contribution in [0.2, 0.25) is 0 Å². The molecule has 1 fully saturated rings. The lowest BCUT2D eigenvalue weighted by atomic mass is 9.79. The Morgan fingerprint density at radius 2 is 2.19 bits per heavy atom. The van der Waals surface area contributed by atoms with Crippen molar-refractivity contribution < 1.29 is 19.0 Å². The second-order valence-electron chi connectivity index (χ2n) is 9.55. The quantitative estimate of drug-likeness (QED) is 0.301. The lowest BCUT2D eigenvalue weighted by molar-refractivity contribution is -0.137. The average Bonchev–Trinajstić information content (AvgIpc) is 3.30. The number of nitrogens with zero attached hydrogens (tertiary/aromatic N) is 3. The zero-order valence-corrected chi connectivity index (χ0v) is 21.8. The minimum Gasteiger partial charge on any atom is -0.497 e. The number of hydrogen-bond donors (Lipinski definition) is 2. The molecule has 1 aromatic carbocycles. The summed E-state index contributed by atoms with van der Waals surface area (Å²) in [5, 5.41) is 17.1. The summed E-state index contributed by atoms with van der Waals surface area (Å²) < 4.78 is 20.9. The molecule has 36 heavy (non-hydrogen) atoms. The molecule has 3 aromatic rings. The number of carboxylic acid groups (broad SMARTS) is 1. The third-order valence-corrected chi connectivity index (χ3v) is 8.38. The van der Waals surface area contributed by atoms with Crippen LogP contribution in [0.15, 0.2) is 41.6 Å². The Hall–Kier alpha value is -2.65. The van der Waals surface area contributed by atoms with Gasteiger partial charge in [0, 0.05) is 47.9 Å². The lowest BCUT2D eigenvalue weighted by Gasteiger charge is -2.39. The minimum absolute atomic E-state index is 0.159. The van der Waals surface area contributed by atoms with Crippen LogP contribution in [0.4, 0.5) is 4.39 Å². The first kappa shape index (κ1) is 26.4. The van der Waals surface area contributed by atoms with Gasteiger partial charge in [-0.25, -0.2) is 4.39 Å². The Morgan fingerprint density at radius 3 is 2.94 bits per heavy atom. The molecule has 1 aliphatic heterocycles. The summed E-state index contributed by atoms with van der Waals surface area (Å²) in [6.07, 6.45) is 5.41. The third-order valence-electron chi connectivity index (χ3n) is 7.26. The van der Waals surface area contributed by atoms with Crippen LogP contribution in [0.3, 0.4) is 0 Å². The number of pyridine rings is 1. The van der Waals surface area contributed by atoms with Crippen LogP contribution >= 0.6 is 11.8 Å². The van der Waals surface area contributed by atoms with E-state index in [4.69, 9.17) is 4.74 Å². The van der Waals surface area contributed by atoms with Crippen LogP contribution < -0.4 is 4.74 Å². The molecule has 2 N–H and O–H groups in total. The number of H-pyrrole nitrogens is 1. The van der Waals surface area contributed by atoms with E-state index in [1.54, 1.807) is 31.1 Å². The Balaban J connectivity index is 1.36. The molecule has 0 spiro atoms. The average molecular weight is 515 g/mol. The van der Waals surface area contributed by atoms with Crippen molar-refractivity contribution in [2.75, 3.05) is 32.5 Å². The standard InChI is InChI=1S/C27H35FN4O3S/c1-18-26(16-30-31-18)36-14-13-32-12-10-19(20(17-32)4-8-27(33)34)3-6-24(28)22-9-11-29-25-7-5-21(35-2)15-23(22)25/h5,7,9,11,15-16,19-20,24H,3-4,6,8,10,12-14,17H2,1-2H3,(H,30,31)(H,33,34)/t19-,20-,24-/m1/s1. The number of piperidine rings is 1. The number of benzene rings is 1. The maximum atomic E-state index is 15.5. The van der Waals surface area contributed by atoms with Crippen LogP contribution in [0.5, 0.6) is 5.75 Å². The monoisotopic (exact) mass is 514 g/mol. The highest BCUT2D eigenvalue weighted by atomic mass is 32.2. The number of fused-ring (bicyclic) bond motifs is 1. The van der Waals surface area contributed by atoms with Gasteiger partial charge < -0.3 is 14.7 Å². The summed E-state index contributed by atoms with van der Waals surface area (Å²) in [6, 6.07) is 7.30. The third kappa shape index (κ3) is 6.76. The number of alkyl halides is 1. The van der Waals surface area contributed by atoms with Gasteiger partial charge in [-0.15, -0.1) is 11.8 Å². The number of aryl methyl sites for hydroxylation is 1. The van der Waals surface area contributed by atoms with Crippen LogP contribution in [0.25, 0.3) is 10.9 Å². The predicted molar refractivity (Wildman–Crippen MR) is 140 cm³/mol. The number of aromatic amines is 1. The minimum atomic E-state index is -1.10. The van der Waals surface area contributed by atoms with Gasteiger partial charge >= 0.3 is 5.97 Å². The Kier molecular flexibility index (Phi) is 9.20. The molecule has 9 heteroatoms. The first-order valence-electron chi connectivity index (χ1n) is 12.6. The summed E-state index contributed by atoms with van der Waals surface area (Å²) in [6.45, 7) is 4.78. The number of ether oxygens (including phenoxy) is 1. The zero-order valence-electron chi connectivity index (χ0n) is 21.0. The molecule has 1 aliphatic rings. The first-order chi connectivity index (χ1) is 17.4. The van der Waals surface area contributed by atoms with Gasteiger partial charge in [0.1, 0.15) is 11.9 Å². The number of carboxylic acids is 1. The molecule has 0 bridgehead atoms. The summed E-state index contributed by atoms with van der Waals surface area (Å²) >= 11 is 1.79. The topological polar surface area (TPSA) is 91.3 Å². The van der Waals surface area contributed by atoms with Crippen molar-refractivity contribution in [3.63, 3.8) is 0 Å². The van der Waals surface area contributed by atoms with Crippen LogP contribution in [0.1, 0.15) is 49.5 Å². The maximum absolute atomic E-state index is 15.5. The van der Waals surface area contributed by atoms with E-state index in [0.717, 1.165) is 54.8 Å². The van der Waals surface area contributed by atoms with E-state index in [0.29, 0.717) is 30.1 Å². The molecule has 7 nitrogen and oxygen atoms in total. The van der Waals surface area contributed by atoms with E-state index in [9.17, 15) is 9.90 Å². The van der Waals surface area contributed by atoms with Crippen molar-refractivity contribution in [2.24, 2.45) is 11.8 Å². The van der Waals surface area contributed by atoms with Gasteiger partial charge in [0.05, 0.1) is 18.3 Å². The van der Waals surface area contributed by atoms with Crippen molar-refractivity contribution >= 4 is 28.6 Å². The number of aromatic nitrogens is 3. The van der Waals surface area contributed by atoms with Gasteiger partial charge in [-0.05, 0) is 80.8 Å². The van der Waals surface area contributed by atoms with E-state index >= 15 is 4.39 Å². The highest BCUT2D eigenvalue weighted by Crippen LogP contribution is 2.36. The normalized spacial score (nSPS) is 19.4. The summed E-state index contributed by atoms with van der Waals surface area (Å²) in [4.78, 5) is 19.3. The van der Waals surface area contributed by atoms with E-state index in [1.165, 1.54) is 4.90 Å². The molecule has 0 aliphatic carbocycles. The molecular formula is C27H35FN4O3S. The van der Waals surface area contributed by atoms with Crippen molar-refractivity contribution in [1.82, 2.24) is 20.1 Å². The smallest absolute Gasteiger partial charge is 0.303 e. The van der Waals surface area contributed by atoms with Crippen molar-refractivity contribution in [3.8, 4) is 5.75 Å². The van der Waals surface area contributed by atoms with Crippen LogP contribution in [0, 0.1) is 18.8 Å². The van der Waals surface area contributed by atoms with Crippen molar-refractivity contribution in [3.05, 3.63) is 47.9 Å². The van der Waals surface area contributed by atoms with Gasteiger partial charge in [-0.1, -0.05) is 0 Å². The largest absolute Gasteiger partial charge is 0.497 e. The number of aliphatic carboxylic acids is 1. The van der Waals surface area contributed by atoms with E-state index in [1.807, 2.05) is 31.3 Å². The molecule has 0 radical (unpaired) electrons. The number of halogens is 1. The highest BCUT2D eigenvalue weighted by molar-refractivity contribution is 7.99.